The first-order chi connectivity index (χ1) is 11.6. The number of nitrogens with zero attached hydrogens (tertiary/aromatic N) is 1. The first-order valence-corrected chi connectivity index (χ1v) is 8.19. The molecule has 1 aromatic carbocycles. The minimum atomic E-state index is -0.127. The number of carbonyl (C=O) groups excluding carboxylic acids is 1. The van der Waals surface area contributed by atoms with Crippen LogP contribution in [0.1, 0.15) is 42.1 Å². The van der Waals surface area contributed by atoms with Crippen LogP contribution in [0.5, 0.6) is 0 Å². The summed E-state index contributed by atoms with van der Waals surface area (Å²) in [5.41, 5.74) is 3.59. The summed E-state index contributed by atoms with van der Waals surface area (Å²) in [6.45, 7) is 5.55. The van der Waals surface area contributed by atoms with E-state index in [-0.39, 0.29) is 5.91 Å². The molecular formula is C19H25N3O2. The maximum absolute atomic E-state index is 12.1. The molecule has 0 atom stereocenters. The molecule has 2 rings (SSSR count). The summed E-state index contributed by atoms with van der Waals surface area (Å²) in [5.74, 6) is 0.378. The number of carbonyl (C=O) groups is 1. The number of hydrogen-bond acceptors (Lipinski definition) is 4. The summed E-state index contributed by atoms with van der Waals surface area (Å²) in [6.07, 6.45) is 4.06. The number of ether oxygens (including phenoxy) is 1. The fourth-order valence-corrected chi connectivity index (χ4v) is 2.27. The summed E-state index contributed by atoms with van der Waals surface area (Å²) in [7, 11) is 1.65. The number of amides is 1. The molecule has 128 valence electrons. The van der Waals surface area contributed by atoms with Gasteiger partial charge >= 0.3 is 0 Å². The molecule has 1 aromatic heterocycles. The molecule has 5 heteroatoms. The molecule has 0 saturated heterocycles. The van der Waals surface area contributed by atoms with Gasteiger partial charge in [-0.25, -0.2) is 0 Å². The topological polar surface area (TPSA) is 63.2 Å². The lowest BCUT2D eigenvalue weighted by molar-refractivity contribution is 0.0948. The van der Waals surface area contributed by atoms with Crippen molar-refractivity contribution < 1.29 is 9.53 Å². The van der Waals surface area contributed by atoms with Crippen LogP contribution < -0.4 is 10.6 Å². The average molecular weight is 327 g/mol. The lowest BCUT2D eigenvalue weighted by atomic mass is 10.0. The summed E-state index contributed by atoms with van der Waals surface area (Å²) < 4.78 is 4.96. The summed E-state index contributed by atoms with van der Waals surface area (Å²) in [6, 6.07) is 10.1. The summed E-state index contributed by atoms with van der Waals surface area (Å²) in [4.78, 5) is 16.3. The van der Waals surface area contributed by atoms with Gasteiger partial charge in [0.25, 0.3) is 5.91 Å². The first kappa shape index (κ1) is 17.9. The van der Waals surface area contributed by atoms with Crippen LogP contribution in [0.15, 0.2) is 42.7 Å². The van der Waals surface area contributed by atoms with Crippen LogP contribution in [0.2, 0.25) is 0 Å². The van der Waals surface area contributed by atoms with E-state index in [1.807, 2.05) is 12.1 Å². The summed E-state index contributed by atoms with van der Waals surface area (Å²) >= 11 is 0. The predicted molar refractivity (Wildman–Crippen MR) is 96.9 cm³/mol. The number of rotatable bonds is 8. The number of pyridine rings is 1. The number of anilines is 2. The third kappa shape index (κ3) is 5.35. The molecule has 0 spiro atoms. The number of benzene rings is 1. The second-order valence-electron chi connectivity index (χ2n) is 5.97. The number of nitrogens with one attached hydrogen (secondary N) is 2. The zero-order chi connectivity index (χ0) is 17.4. The predicted octanol–water partition coefficient (Wildman–Crippen LogP) is 3.71. The van der Waals surface area contributed by atoms with Gasteiger partial charge in [-0.15, -0.1) is 0 Å². The summed E-state index contributed by atoms with van der Waals surface area (Å²) in [5, 5.41) is 6.14. The molecule has 5 nitrogen and oxygen atoms in total. The highest BCUT2D eigenvalue weighted by atomic mass is 16.5. The van der Waals surface area contributed by atoms with Gasteiger partial charge in [0, 0.05) is 32.1 Å². The third-order valence-electron chi connectivity index (χ3n) is 3.68. The zero-order valence-corrected chi connectivity index (χ0v) is 14.5. The van der Waals surface area contributed by atoms with Gasteiger partial charge < -0.3 is 15.4 Å². The Labute approximate surface area is 143 Å². The molecule has 2 aromatic rings. The molecule has 0 bridgehead atoms. The van der Waals surface area contributed by atoms with E-state index in [4.69, 9.17) is 4.74 Å². The average Bonchev–Trinajstić information content (AvgIpc) is 2.59. The van der Waals surface area contributed by atoms with E-state index in [0.717, 1.165) is 17.8 Å². The molecule has 1 amide bonds. The second kappa shape index (κ2) is 9.03. The van der Waals surface area contributed by atoms with Crippen molar-refractivity contribution in [2.24, 2.45) is 0 Å². The number of aromatic nitrogens is 1. The number of methoxy groups -OCH3 is 1. The van der Waals surface area contributed by atoms with E-state index < -0.39 is 0 Å². The Hall–Kier alpha value is -2.40. The molecule has 1 heterocycles. The van der Waals surface area contributed by atoms with Crippen LogP contribution in [-0.4, -0.2) is 31.2 Å². The quantitative estimate of drug-likeness (QED) is 0.726. The van der Waals surface area contributed by atoms with Gasteiger partial charge in [0.2, 0.25) is 0 Å². The molecule has 0 aliphatic rings. The Morgan fingerprint density at radius 2 is 1.92 bits per heavy atom. The fourth-order valence-electron chi connectivity index (χ4n) is 2.27. The van der Waals surface area contributed by atoms with Gasteiger partial charge in [0.1, 0.15) is 0 Å². The molecule has 0 aliphatic heterocycles. The maximum atomic E-state index is 12.1. The molecule has 0 saturated carbocycles. The Morgan fingerprint density at radius 1 is 1.17 bits per heavy atom. The van der Waals surface area contributed by atoms with Gasteiger partial charge in [0.05, 0.1) is 17.4 Å². The van der Waals surface area contributed by atoms with Crippen molar-refractivity contribution in [3.05, 3.63) is 53.9 Å². The van der Waals surface area contributed by atoms with E-state index in [0.29, 0.717) is 24.6 Å². The largest absolute Gasteiger partial charge is 0.385 e. The van der Waals surface area contributed by atoms with Crippen molar-refractivity contribution in [3.63, 3.8) is 0 Å². The SMILES string of the molecule is COCCCNC(=O)c1cncc(Nc2ccc(C(C)C)cc2)c1. The van der Waals surface area contributed by atoms with Gasteiger partial charge in [0.15, 0.2) is 0 Å². The molecule has 24 heavy (non-hydrogen) atoms. The standard InChI is InChI=1S/C19H25N3O2/c1-14(2)15-5-7-17(8-6-15)22-18-11-16(12-20-13-18)19(23)21-9-4-10-24-3/h5-8,11-14,22H,4,9-10H2,1-3H3,(H,21,23). The van der Waals surface area contributed by atoms with E-state index in [2.05, 4.69) is 41.6 Å². The van der Waals surface area contributed by atoms with Gasteiger partial charge in [-0.3, -0.25) is 9.78 Å². The van der Waals surface area contributed by atoms with Crippen molar-refractivity contribution in [1.29, 1.82) is 0 Å². The monoisotopic (exact) mass is 327 g/mol. The van der Waals surface area contributed by atoms with Crippen LogP contribution >= 0.6 is 0 Å². The normalized spacial score (nSPS) is 10.7. The minimum absolute atomic E-state index is 0.127. The van der Waals surface area contributed by atoms with Crippen LogP contribution in [0.25, 0.3) is 0 Å². The van der Waals surface area contributed by atoms with Crippen molar-refractivity contribution in [2.75, 3.05) is 25.6 Å². The van der Waals surface area contributed by atoms with E-state index in [9.17, 15) is 4.79 Å². The molecule has 2 N–H and O–H groups in total. The maximum Gasteiger partial charge on any atom is 0.252 e. The molecule has 0 fully saturated rings. The van der Waals surface area contributed by atoms with E-state index >= 15 is 0 Å². The fraction of sp³-hybridized carbons (Fsp3) is 0.368. The highest BCUT2D eigenvalue weighted by Crippen LogP contribution is 2.20. The first-order valence-electron chi connectivity index (χ1n) is 8.19. The zero-order valence-electron chi connectivity index (χ0n) is 14.5. The van der Waals surface area contributed by atoms with Crippen LogP contribution in [0, 0.1) is 0 Å². The van der Waals surface area contributed by atoms with Crippen molar-refractivity contribution in [2.45, 2.75) is 26.2 Å². The molecule has 0 radical (unpaired) electrons. The van der Waals surface area contributed by atoms with E-state index in [1.54, 1.807) is 25.6 Å². The molecule has 0 aliphatic carbocycles. The Balaban J connectivity index is 1.98. The Kier molecular flexibility index (Phi) is 6.75. The van der Waals surface area contributed by atoms with Crippen molar-refractivity contribution in [3.8, 4) is 0 Å². The second-order valence-corrected chi connectivity index (χ2v) is 5.97. The third-order valence-corrected chi connectivity index (χ3v) is 3.68. The molecule has 0 unspecified atom stereocenters. The van der Waals surface area contributed by atoms with Crippen molar-refractivity contribution in [1.82, 2.24) is 10.3 Å². The Morgan fingerprint density at radius 3 is 2.58 bits per heavy atom. The Bertz CT molecular complexity index is 654. The van der Waals surface area contributed by atoms with Gasteiger partial charge in [-0.05, 0) is 36.1 Å². The van der Waals surface area contributed by atoms with E-state index in [1.165, 1.54) is 5.56 Å². The smallest absolute Gasteiger partial charge is 0.252 e. The van der Waals surface area contributed by atoms with Gasteiger partial charge in [-0.1, -0.05) is 26.0 Å². The lowest BCUT2D eigenvalue weighted by Gasteiger charge is -2.10. The van der Waals surface area contributed by atoms with Gasteiger partial charge in [-0.2, -0.15) is 0 Å². The highest BCUT2D eigenvalue weighted by Gasteiger charge is 2.07. The highest BCUT2D eigenvalue weighted by molar-refractivity contribution is 5.94. The van der Waals surface area contributed by atoms with Crippen LogP contribution in [0.4, 0.5) is 11.4 Å². The lowest BCUT2D eigenvalue weighted by Crippen LogP contribution is -2.25. The van der Waals surface area contributed by atoms with Crippen molar-refractivity contribution >= 4 is 17.3 Å². The molecular weight excluding hydrogens is 302 g/mol. The van der Waals surface area contributed by atoms with Crippen LogP contribution in [0.3, 0.4) is 0 Å². The number of hydrogen-bond donors (Lipinski definition) is 2. The van der Waals surface area contributed by atoms with Crippen LogP contribution in [-0.2, 0) is 4.74 Å². The minimum Gasteiger partial charge on any atom is -0.385 e.